The number of nitriles is 1. The highest BCUT2D eigenvalue weighted by Gasteiger charge is 2.05. The normalized spacial score (nSPS) is 9.46. The second kappa shape index (κ2) is 3.38. The predicted molar refractivity (Wildman–Crippen MR) is 52.3 cm³/mol. The first-order valence-corrected chi connectivity index (χ1v) is 4.69. The SMILES string of the molecule is N#Cc1ccsc1-c1ccccn1. The molecule has 2 aromatic rings. The van der Waals surface area contributed by atoms with Gasteiger partial charge in [0.25, 0.3) is 0 Å². The van der Waals surface area contributed by atoms with Crippen LogP contribution in [-0.2, 0) is 0 Å². The summed E-state index contributed by atoms with van der Waals surface area (Å²) in [6.45, 7) is 0. The first kappa shape index (κ1) is 7.96. The summed E-state index contributed by atoms with van der Waals surface area (Å²) in [7, 11) is 0. The van der Waals surface area contributed by atoms with E-state index in [2.05, 4.69) is 11.1 Å². The standard InChI is InChI=1S/C10H6N2S/c11-7-8-4-6-13-10(8)9-3-1-2-5-12-9/h1-6H. The van der Waals surface area contributed by atoms with E-state index in [4.69, 9.17) is 5.26 Å². The van der Waals surface area contributed by atoms with Crippen LogP contribution in [0.3, 0.4) is 0 Å². The third-order valence-corrected chi connectivity index (χ3v) is 2.62. The van der Waals surface area contributed by atoms with Crippen molar-refractivity contribution in [3.8, 4) is 16.6 Å². The van der Waals surface area contributed by atoms with Crippen molar-refractivity contribution in [2.24, 2.45) is 0 Å². The zero-order valence-corrected chi connectivity index (χ0v) is 7.58. The van der Waals surface area contributed by atoms with Gasteiger partial charge in [0.1, 0.15) is 6.07 Å². The maximum Gasteiger partial charge on any atom is 0.101 e. The van der Waals surface area contributed by atoms with Crippen molar-refractivity contribution >= 4 is 11.3 Å². The Morgan fingerprint density at radius 1 is 1.31 bits per heavy atom. The fraction of sp³-hybridized carbons (Fsp3) is 0. The van der Waals surface area contributed by atoms with Crippen LogP contribution in [0.5, 0.6) is 0 Å². The largest absolute Gasteiger partial charge is 0.255 e. The van der Waals surface area contributed by atoms with Crippen LogP contribution in [0.4, 0.5) is 0 Å². The zero-order valence-electron chi connectivity index (χ0n) is 6.77. The van der Waals surface area contributed by atoms with Gasteiger partial charge >= 0.3 is 0 Å². The molecule has 0 aliphatic carbocycles. The molecule has 13 heavy (non-hydrogen) atoms. The molecule has 0 aliphatic rings. The van der Waals surface area contributed by atoms with Gasteiger partial charge in [-0.2, -0.15) is 5.26 Å². The molecule has 0 saturated carbocycles. The van der Waals surface area contributed by atoms with E-state index in [9.17, 15) is 0 Å². The molecule has 0 fully saturated rings. The number of thiophene rings is 1. The molecule has 2 heterocycles. The van der Waals surface area contributed by atoms with Crippen LogP contribution in [-0.4, -0.2) is 4.98 Å². The lowest BCUT2D eigenvalue weighted by Crippen LogP contribution is -1.79. The molecule has 0 aliphatic heterocycles. The Kier molecular flexibility index (Phi) is 2.07. The van der Waals surface area contributed by atoms with E-state index in [0.717, 1.165) is 10.6 Å². The summed E-state index contributed by atoms with van der Waals surface area (Å²) in [5.74, 6) is 0. The summed E-state index contributed by atoms with van der Waals surface area (Å²) in [4.78, 5) is 5.14. The molecular weight excluding hydrogens is 180 g/mol. The number of hydrogen-bond acceptors (Lipinski definition) is 3. The van der Waals surface area contributed by atoms with E-state index in [1.165, 1.54) is 0 Å². The highest BCUT2D eigenvalue weighted by atomic mass is 32.1. The van der Waals surface area contributed by atoms with Crippen molar-refractivity contribution in [3.05, 3.63) is 41.4 Å². The third kappa shape index (κ3) is 1.44. The number of pyridine rings is 1. The third-order valence-electron chi connectivity index (χ3n) is 1.68. The lowest BCUT2D eigenvalue weighted by Gasteiger charge is -1.94. The van der Waals surface area contributed by atoms with Crippen molar-refractivity contribution in [2.45, 2.75) is 0 Å². The van der Waals surface area contributed by atoms with E-state index in [-0.39, 0.29) is 0 Å². The average molecular weight is 186 g/mol. The number of hydrogen-bond donors (Lipinski definition) is 0. The zero-order chi connectivity index (χ0) is 9.10. The van der Waals surface area contributed by atoms with Crippen LogP contribution in [0.2, 0.25) is 0 Å². The Labute approximate surface area is 80.1 Å². The number of rotatable bonds is 1. The smallest absolute Gasteiger partial charge is 0.101 e. The van der Waals surface area contributed by atoms with Crippen LogP contribution >= 0.6 is 11.3 Å². The van der Waals surface area contributed by atoms with Gasteiger partial charge in [0, 0.05) is 6.20 Å². The second-order valence-electron chi connectivity index (χ2n) is 2.49. The topological polar surface area (TPSA) is 36.7 Å². The van der Waals surface area contributed by atoms with Gasteiger partial charge in [-0.1, -0.05) is 6.07 Å². The summed E-state index contributed by atoms with van der Waals surface area (Å²) in [5.41, 5.74) is 1.57. The molecule has 2 aromatic heterocycles. The fourth-order valence-corrected chi connectivity index (χ4v) is 1.92. The maximum absolute atomic E-state index is 8.80. The highest BCUT2D eigenvalue weighted by Crippen LogP contribution is 2.26. The Hall–Kier alpha value is -1.66. The average Bonchev–Trinajstić information content (AvgIpc) is 2.67. The first-order chi connectivity index (χ1) is 6.42. The number of aromatic nitrogens is 1. The van der Waals surface area contributed by atoms with Crippen molar-refractivity contribution < 1.29 is 0 Å². The Balaban J connectivity index is 2.54. The van der Waals surface area contributed by atoms with Crippen LogP contribution in [0.1, 0.15) is 5.56 Å². The van der Waals surface area contributed by atoms with Crippen LogP contribution < -0.4 is 0 Å². The van der Waals surface area contributed by atoms with Crippen molar-refractivity contribution in [2.75, 3.05) is 0 Å². The van der Waals surface area contributed by atoms with Gasteiger partial charge in [-0.25, -0.2) is 0 Å². The molecule has 0 spiro atoms. The monoisotopic (exact) mass is 186 g/mol. The highest BCUT2D eigenvalue weighted by molar-refractivity contribution is 7.13. The molecule has 3 heteroatoms. The lowest BCUT2D eigenvalue weighted by atomic mass is 10.2. The van der Waals surface area contributed by atoms with Gasteiger partial charge in [0.05, 0.1) is 16.1 Å². The molecule has 0 radical (unpaired) electrons. The second-order valence-corrected chi connectivity index (χ2v) is 3.41. The summed E-state index contributed by atoms with van der Waals surface area (Å²) < 4.78 is 0. The Morgan fingerprint density at radius 3 is 2.92 bits per heavy atom. The van der Waals surface area contributed by atoms with Gasteiger partial charge in [-0.05, 0) is 23.6 Å². The molecule has 0 amide bonds. The first-order valence-electron chi connectivity index (χ1n) is 3.81. The van der Waals surface area contributed by atoms with Crippen molar-refractivity contribution in [1.29, 1.82) is 5.26 Å². The minimum atomic E-state index is 0.698. The van der Waals surface area contributed by atoms with E-state index < -0.39 is 0 Å². The van der Waals surface area contributed by atoms with E-state index in [1.54, 1.807) is 17.5 Å². The summed E-state index contributed by atoms with van der Waals surface area (Å²) in [6, 6.07) is 9.65. The summed E-state index contributed by atoms with van der Waals surface area (Å²) in [5, 5.41) is 10.7. The van der Waals surface area contributed by atoms with Gasteiger partial charge < -0.3 is 0 Å². The summed E-state index contributed by atoms with van der Waals surface area (Å²) in [6.07, 6.45) is 1.73. The molecule has 2 rings (SSSR count). The molecule has 0 unspecified atom stereocenters. The van der Waals surface area contributed by atoms with Gasteiger partial charge in [-0.3, -0.25) is 4.98 Å². The molecule has 2 nitrogen and oxygen atoms in total. The van der Waals surface area contributed by atoms with Gasteiger partial charge in [0.15, 0.2) is 0 Å². The molecule has 0 bridgehead atoms. The molecule has 0 aromatic carbocycles. The quantitative estimate of drug-likeness (QED) is 0.686. The molecule has 62 valence electrons. The van der Waals surface area contributed by atoms with Gasteiger partial charge in [0.2, 0.25) is 0 Å². The van der Waals surface area contributed by atoms with Gasteiger partial charge in [-0.15, -0.1) is 11.3 Å². The van der Waals surface area contributed by atoms with Crippen molar-refractivity contribution in [3.63, 3.8) is 0 Å². The van der Waals surface area contributed by atoms with E-state index >= 15 is 0 Å². The minimum Gasteiger partial charge on any atom is -0.255 e. The Morgan fingerprint density at radius 2 is 2.23 bits per heavy atom. The maximum atomic E-state index is 8.80. The predicted octanol–water partition coefficient (Wildman–Crippen LogP) is 2.68. The molecular formula is C10H6N2S. The number of nitrogens with zero attached hydrogens (tertiary/aromatic N) is 2. The molecule has 0 saturated heterocycles. The van der Waals surface area contributed by atoms with E-state index in [1.807, 2.05) is 29.6 Å². The molecule has 0 N–H and O–H groups in total. The fourth-order valence-electron chi connectivity index (χ4n) is 1.09. The lowest BCUT2D eigenvalue weighted by molar-refractivity contribution is 1.34. The van der Waals surface area contributed by atoms with Crippen LogP contribution in [0.25, 0.3) is 10.6 Å². The van der Waals surface area contributed by atoms with E-state index in [0.29, 0.717) is 5.56 Å². The minimum absolute atomic E-state index is 0.698. The van der Waals surface area contributed by atoms with Crippen LogP contribution in [0, 0.1) is 11.3 Å². The Bertz CT molecular complexity index is 439. The van der Waals surface area contributed by atoms with Crippen molar-refractivity contribution in [1.82, 2.24) is 4.98 Å². The summed E-state index contributed by atoms with van der Waals surface area (Å²) >= 11 is 1.54. The molecule has 0 atom stereocenters. The van der Waals surface area contributed by atoms with Crippen LogP contribution in [0.15, 0.2) is 35.8 Å².